The third-order valence-corrected chi connectivity index (χ3v) is 9.58. The topological polar surface area (TPSA) is 133 Å². The van der Waals surface area contributed by atoms with Gasteiger partial charge in [-0.15, -0.1) is 5.10 Å². The van der Waals surface area contributed by atoms with E-state index in [1.165, 1.54) is 10.9 Å². The van der Waals surface area contributed by atoms with E-state index in [0.717, 1.165) is 50.3 Å². The number of aryl methyl sites for hydroxylation is 2. The van der Waals surface area contributed by atoms with Gasteiger partial charge in [-0.1, -0.05) is 17.7 Å². The molecule has 11 nitrogen and oxygen atoms in total. The van der Waals surface area contributed by atoms with Crippen molar-refractivity contribution >= 4 is 38.0 Å². The molecule has 2 aromatic heterocycles. The molecule has 0 bridgehead atoms. The summed E-state index contributed by atoms with van der Waals surface area (Å²) < 4.78 is 28.5. The zero-order valence-corrected chi connectivity index (χ0v) is 22.8. The van der Waals surface area contributed by atoms with Crippen molar-refractivity contribution in [1.82, 2.24) is 30.0 Å². The number of nitrogens with one attached hydrogen (secondary N) is 2. The quantitative estimate of drug-likeness (QED) is 0.372. The fourth-order valence-corrected chi connectivity index (χ4v) is 6.85. The molecule has 0 atom stereocenters. The van der Waals surface area contributed by atoms with Gasteiger partial charge < -0.3 is 10.2 Å². The minimum absolute atomic E-state index is 0.0353. The second-order valence-corrected chi connectivity index (χ2v) is 12.4. The molecule has 2 aliphatic rings. The number of fused-ring (bicyclic) bond motifs is 3. The van der Waals surface area contributed by atoms with Crippen LogP contribution in [-0.4, -0.2) is 77.8 Å². The number of hydrogen-bond acceptors (Lipinski definition) is 8. The molecule has 3 heterocycles. The summed E-state index contributed by atoms with van der Waals surface area (Å²) in [5.74, 6) is 0.0824. The molecule has 2 N–H and O–H groups in total. The molecule has 204 valence electrons. The first-order valence-corrected chi connectivity index (χ1v) is 14.7. The minimum atomic E-state index is -4.02. The van der Waals surface area contributed by atoms with Gasteiger partial charge in [0.2, 0.25) is 20.8 Å². The number of amides is 1. The van der Waals surface area contributed by atoms with Crippen molar-refractivity contribution in [3.05, 3.63) is 57.9 Å². The van der Waals surface area contributed by atoms with Gasteiger partial charge in [0.25, 0.3) is 5.56 Å². The van der Waals surface area contributed by atoms with E-state index in [1.807, 2.05) is 19.1 Å². The molecule has 0 unspecified atom stereocenters. The molecule has 1 amide bonds. The van der Waals surface area contributed by atoms with E-state index < -0.39 is 15.4 Å². The maximum atomic E-state index is 13.5. The van der Waals surface area contributed by atoms with Crippen LogP contribution in [0.25, 0.3) is 16.6 Å². The molecule has 0 radical (unpaired) electrons. The average Bonchev–Trinajstić information content (AvgIpc) is 3.31. The van der Waals surface area contributed by atoms with Crippen LogP contribution in [0.4, 0.5) is 5.69 Å². The van der Waals surface area contributed by atoms with Crippen molar-refractivity contribution in [2.45, 2.75) is 49.1 Å². The molecule has 1 aliphatic heterocycles. The molecule has 0 spiro atoms. The zero-order valence-electron chi connectivity index (χ0n) is 22.0. The van der Waals surface area contributed by atoms with E-state index in [0.29, 0.717) is 29.1 Å². The summed E-state index contributed by atoms with van der Waals surface area (Å²) in [4.78, 5) is 33.8. The number of sulfone groups is 1. The number of H-pyrrole nitrogens is 1. The van der Waals surface area contributed by atoms with Gasteiger partial charge in [0.1, 0.15) is 0 Å². The van der Waals surface area contributed by atoms with Crippen LogP contribution in [-0.2, 0) is 14.6 Å². The number of carbonyl (C=O) groups is 1. The van der Waals surface area contributed by atoms with Crippen LogP contribution in [0.15, 0.2) is 51.1 Å². The Morgan fingerprint density at radius 2 is 1.85 bits per heavy atom. The normalized spacial score (nSPS) is 17.0. The Labute approximate surface area is 225 Å². The van der Waals surface area contributed by atoms with Crippen LogP contribution in [0.3, 0.4) is 0 Å². The van der Waals surface area contributed by atoms with Gasteiger partial charge in [-0.3, -0.25) is 14.5 Å². The maximum absolute atomic E-state index is 13.5. The Balaban J connectivity index is 1.28. The summed E-state index contributed by atoms with van der Waals surface area (Å²) in [6.07, 6.45) is 3.33. The Hall–Kier alpha value is -3.77. The molecule has 1 saturated carbocycles. The van der Waals surface area contributed by atoms with E-state index in [1.54, 1.807) is 31.2 Å². The Bertz CT molecular complexity index is 1750. The highest BCUT2D eigenvalue weighted by Crippen LogP contribution is 2.28. The first-order valence-electron chi connectivity index (χ1n) is 13.2. The van der Waals surface area contributed by atoms with E-state index >= 15 is 0 Å². The lowest BCUT2D eigenvalue weighted by Gasteiger charge is -2.36. The Kier molecular flexibility index (Phi) is 6.38. The largest absolute Gasteiger partial charge is 0.369 e. The summed E-state index contributed by atoms with van der Waals surface area (Å²) in [5, 5.41) is 10.0. The molecular weight excluding hydrogens is 518 g/mol. The molecule has 2 aromatic carbocycles. The molecule has 4 aromatic rings. The number of aromatic amines is 1. The van der Waals surface area contributed by atoms with Crippen molar-refractivity contribution < 1.29 is 13.2 Å². The summed E-state index contributed by atoms with van der Waals surface area (Å²) in [6.45, 7) is 6.95. The van der Waals surface area contributed by atoms with E-state index in [4.69, 9.17) is 0 Å². The predicted molar refractivity (Wildman–Crippen MR) is 147 cm³/mol. The van der Waals surface area contributed by atoms with E-state index in [-0.39, 0.29) is 21.5 Å². The molecule has 39 heavy (non-hydrogen) atoms. The number of rotatable bonds is 6. The lowest BCUT2D eigenvalue weighted by molar-refractivity contribution is -0.123. The SMILES string of the molecule is Cc1ccc(S(=O)(=O)c2n[nH]n3c2nc(=O)c2ccc(N4CCN(CC(=O)NC5CCC5)CC4)cc23)c(C)c1. The number of anilines is 1. The highest BCUT2D eigenvalue weighted by Gasteiger charge is 2.28. The van der Waals surface area contributed by atoms with Gasteiger partial charge in [-0.25, -0.2) is 18.1 Å². The maximum Gasteiger partial charge on any atom is 0.281 e. The van der Waals surface area contributed by atoms with Crippen LogP contribution >= 0.6 is 0 Å². The summed E-state index contributed by atoms with van der Waals surface area (Å²) >= 11 is 0. The average molecular weight is 550 g/mol. The predicted octanol–water partition coefficient (Wildman–Crippen LogP) is 1.81. The Morgan fingerprint density at radius 1 is 1.08 bits per heavy atom. The summed E-state index contributed by atoms with van der Waals surface area (Å²) in [6, 6.07) is 10.9. The van der Waals surface area contributed by atoms with Crippen LogP contribution in [0.5, 0.6) is 0 Å². The lowest BCUT2D eigenvalue weighted by Crippen LogP contribution is -2.51. The van der Waals surface area contributed by atoms with Gasteiger partial charge in [-0.2, -0.15) is 4.98 Å². The summed E-state index contributed by atoms with van der Waals surface area (Å²) in [5.41, 5.74) is 2.39. The first kappa shape index (κ1) is 25.5. The number of nitrogens with zero attached hydrogens (tertiary/aromatic N) is 5. The Morgan fingerprint density at radius 3 is 2.54 bits per heavy atom. The van der Waals surface area contributed by atoms with Gasteiger partial charge in [0.05, 0.1) is 22.3 Å². The first-order chi connectivity index (χ1) is 18.7. The zero-order chi connectivity index (χ0) is 27.3. The number of benzene rings is 2. The fraction of sp³-hybridized carbons (Fsp3) is 0.407. The highest BCUT2D eigenvalue weighted by atomic mass is 32.2. The van der Waals surface area contributed by atoms with Crippen molar-refractivity contribution in [2.75, 3.05) is 37.6 Å². The molecule has 2 fully saturated rings. The van der Waals surface area contributed by atoms with Crippen molar-refractivity contribution in [1.29, 1.82) is 0 Å². The fourth-order valence-electron chi connectivity index (χ4n) is 5.37. The smallest absolute Gasteiger partial charge is 0.281 e. The number of aromatic nitrogens is 4. The van der Waals surface area contributed by atoms with Crippen LogP contribution in [0, 0.1) is 13.8 Å². The second kappa shape index (κ2) is 9.76. The third-order valence-electron chi connectivity index (χ3n) is 7.76. The van der Waals surface area contributed by atoms with Crippen molar-refractivity contribution in [3.8, 4) is 0 Å². The van der Waals surface area contributed by atoms with Crippen molar-refractivity contribution in [2.24, 2.45) is 0 Å². The van der Waals surface area contributed by atoms with Crippen molar-refractivity contribution in [3.63, 3.8) is 0 Å². The standard InChI is InChI=1S/C27H31N7O4S/c1-17-6-9-23(18(2)14-17)39(37,38)27-25-29-26(36)21-8-7-20(15-22(21)34(25)31-30-27)33-12-10-32(11-13-33)16-24(35)28-19-4-3-5-19/h6-9,14-15,19,31H,3-5,10-13,16H2,1-2H3,(H,28,35). The summed E-state index contributed by atoms with van der Waals surface area (Å²) in [7, 11) is -4.02. The van der Waals surface area contributed by atoms with Gasteiger partial charge in [-0.05, 0) is 62.9 Å². The molecular formula is C27H31N7O4S. The van der Waals surface area contributed by atoms with Crippen LogP contribution in [0.1, 0.15) is 30.4 Å². The van der Waals surface area contributed by atoms with Gasteiger partial charge in [0.15, 0.2) is 5.65 Å². The van der Waals surface area contributed by atoms with Gasteiger partial charge >= 0.3 is 0 Å². The number of hydrogen-bond donors (Lipinski definition) is 2. The van der Waals surface area contributed by atoms with Crippen LogP contribution in [0.2, 0.25) is 0 Å². The molecule has 1 aliphatic carbocycles. The molecule has 1 saturated heterocycles. The monoisotopic (exact) mass is 549 g/mol. The van der Waals surface area contributed by atoms with Gasteiger partial charge in [0, 0.05) is 37.9 Å². The van der Waals surface area contributed by atoms with Crippen LogP contribution < -0.4 is 15.8 Å². The molecule has 6 rings (SSSR count). The molecule has 12 heteroatoms. The highest BCUT2D eigenvalue weighted by molar-refractivity contribution is 7.91. The lowest BCUT2D eigenvalue weighted by atomic mass is 9.93. The number of carbonyl (C=O) groups excluding carboxylic acids is 1. The minimum Gasteiger partial charge on any atom is -0.369 e. The third kappa shape index (κ3) is 4.67. The van der Waals surface area contributed by atoms with E-state index in [9.17, 15) is 18.0 Å². The second-order valence-electron chi connectivity index (χ2n) is 10.5. The van der Waals surface area contributed by atoms with E-state index in [2.05, 4.69) is 30.4 Å². The number of piperazine rings is 1.